The molecule has 0 saturated heterocycles. The van der Waals surface area contributed by atoms with Crippen molar-refractivity contribution in [1.29, 1.82) is 0 Å². The van der Waals surface area contributed by atoms with Gasteiger partial charge in [-0.2, -0.15) is 0 Å². The van der Waals surface area contributed by atoms with E-state index in [-0.39, 0.29) is 19.1 Å². The van der Waals surface area contributed by atoms with Gasteiger partial charge in [-0.1, -0.05) is 17.7 Å². The second-order valence-electron chi connectivity index (χ2n) is 3.40. The summed E-state index contributed by atoms with van der Waals surface area (Å²) in [6.45, 7) is -0.0553. The van der Waals surface area contributed by atoms with Crippen LogP contribution in [-0.2, 0) is 6.42 Å². The van der Waals surface area contributed by atoms with E-state index in [1.165, 1.54) is 0 Å². The first kappa shape index (κ1) is 12.3. The first-order chi connectivity index (χ1) is 7.21. The van der Waals surface area contributed by atoms with Crippen LogP contribution in [0.2, 0.25) is 5.02 Å². The molecule has 0 amide bonds. The van der Waals surface area contributed by atoms with Crippen molar-refractivity contribution in [3.05, 3.63) is 28.8 Å². The van der Waals surface area contributed by atoms with Crippen LogP contribution >= 0.6 is 11.6 Å². The highest BCUT2D eigenvalue weighted by Gasteiger charge is 2.08. The number of hydrogen-bond acceptors (Lipinski definition) is 3. The first-order valence-electron chi connectivity index (χ1n) is 4.75. The van der Waals surface area contributed by atoms with E-state index in [1.807, 2.05) is 6.07 Å². The third-order valence-electron chi connectivity index (χ3n) is 2.26. The topological polar surface area (TPSA) is 49.7 Å². The standard InChI is InChI=1S/C11H15ClO3/c1-15-11-3-2-8(5-10(11)12)4-9(6-13)7-14/h2-3,5,9,13-14H,4,6-7H2,1H3. The smallest absolute Gasteiger partial charge is 0.137 e. The molecule has 4 heteroatoms. The van der Waals surface area contributed by atoms with Crippen LogP contribution in [0.25, 0.3) is 0 Å². The molecule has 0 aliphatic rings. The molecule has 0 heterocycles. The average molecular weight is 231 g/mol. The van der Waals surface area contributed by atoms with Crippen molar-refractivity contribution >= 4 is 11.6 Å². The SMILES string of the molecule is COc1ccc(CC(CO)CO)cc1Cl. The number of ether oxygens (including phenoxy) is 1. The summed E-state index contributed by atoms with van der Waals surface area (Å²) in [5, 5.41) is 18.4. The van der Waals surface area contributed by atoms with Crippen molar-refractivity contribution in [1.82, 2.24) is 0 Å². The molecule has 0 radical (unpaired) electrons. The van der Waals surface area contributed by atoms with Crippen molar-refractivity contribution in [3.8, 4) is 5.75 Å². The van der Waals surface area contributed by atoms with E-state index in [0.29, 0.717) is 17.2 Å². The van der Waals surface area contributed by atoms with Gasteiger partial charge in [-0.25, -0.2) is 0 Å². The normalized spacial score (nSPS) is 10.7. The van der Waals surface area contributed by atoms with Gasteiger partial charge in [0.05, 0.1) is 12.1 Å². The highest BCUT2D eigenvalue weighted by atomic mass is 35.5. The summed E-state index contributed by atoms with van der Waals surface area (Å²) >= 11 is 5.95. The number of aliphatic hydroxyl groups is 2. The van der Waals surface area contributed by atoms with Crippen LogP contribution in [0.1, 0.15) is 5.56 Å². The number of hydrogen-bond donors (Lipinski definition) is 2. The lowest BCUT2D eigenvalue weighted by atomic mass is 10.0. The molecule has 0 bridgehead atoms. The zero-order valence-electron chi connectivity index (χ0n) is 8.61. The van der Waals surface area contributed by atoms with Crippen molar-refractivity contribution in [3.63, 3.8) is 0 Å². The maximum Gasteiger partial charge on any atom is 0.137 e. The van der Waals surface area contributed by atoms with Gasteiger partial charge in [-0.05, 0) is 24.1 Å². The molecule has 0 saturated carbocycles. The Balaban J connectivity index is 2.74. The van der Waals surface area contributed by atoms with Crippen molar-refractivity contribution < 1.29 is 14.9 Å². The lowest BCUT2D eigenvalue weighted by Gasteiger charge is -2.11. The average Bonchev–Trinajstić information content (AvgIpc) is 2.26. The van der Waals surface area contributed by atoms with Crippen LogP contribution in [-0.4, -0.2) is 30.5 Å². The number of aliphatic hydroxyl groups excluding tert-OH is 2. The Bertz CT molecular complexity index is 311. The molecule has 2 N–H and O–H groups in total. The van der Waals surface area contributed by atoms with E-state index in [9.17, 15) is 0 Å². The van der Waals surface area contributed by atoms with E-state index < -0.39 is 0 Å². The lowest BCUT2D eigenvalue weighted by molar-refractivity contribution is 0.150. The summed E-state index contributed by atoms with van der Waals surface area (Å²) in [4.78, 5) is 0. The van der Waals surface area contributed by atoms with Crippen LogP contribution in [0.15, 0.2) is 18.2 Å². The summed E-state index contributed by atoms with van der Waals surface area (Å²) in [6, 6.07) is 5.45. The quantitative estimate of drug-likeness (QED) is 0.806. The summed E-state index contributed by atoms with van der Waals surface area (Å²) in [5.74, 6) is 0.499. The van der Waals surface area contributed by atoms with Crippen LogP contribution in [0.4, 0.5) is 0 Å². The minimum absolute atomic E-state index is 0.0276. The molecule has 0 atom stereocenters. The van der Waals surface area contributed by atoms with Gasteiger partial charge in [0.25, 0.3) is 0 Å². The number of halogens is 1. The van der Waals surface area contributed by atoms with Gasteiger partial charge < -0.3 is 14.9 Å². The second-order valence-corrected chi connectivity index (χ2v) is 3.81. The second kappa shape index (κ2) is 5.95. The zero-order valence-corrected chi connectivity index (χ0v) is 9.37. The Morgan fingerprint density at radius 2 is 2.00 bits per heavy atom. The molecule has 0 spiro atoms. The van der Waals surface area contributed by atoms with Gasteiger partial charge in [0, 0.05) is 19.1 Å². The number of benzene rings is 1. The monoisotopic (exact) mass is 230 g/mol. The minimum atomic E-state index is -0.130. The molecule has 3 nitrogen and oxygen atoms in total. The number of methoxy groups -OCH3 is 1. The Labute approximate surface area is 94.3 Å². The summed E-state index contributed by atoms with van der Waals surface area (Å²) in [6.07, 6.45) is 0.608. The van der Waals surface area contributed by atoms with E-state index in [4.69, 9.17) is 26.6 Å². The molecule has 15 heavy (non-hydrogen) atoms. The lowest BCUT2D eigenvalue weighted by Crippen LogP contribution is -2.13. The van der Waals surface area contributed by atoms with Gasteiger partial charge in [0.2, 0.25) is 0 Å². The predicted molar refractivity (Wildman–Crippen MR) is 59.4 cm³/mol. The van der Waals surface area contributed by atoms with Gasteiger partial charge in [0.1, 0.15) is 5.75 Å². The first-order valence-corrected chi connectivity index (χ1v) is 5.13. The van der Waals surface area contributed by atoms with E-state index in [2.05, 4.69) is 0 Å². The summed E-state index contributed by atoms with van der Waals surface area (Å²) < 4.78 is 5.03. The fourth-order valence-corrected chi connectivity index (χ4v) is 1.64. The maximum atomic E-state index is 8.94. The summed E-state index contributed by atoms with van der Waals surface area (Å²) in [5.41, 5.74) is 0.980. The molecule has 0 aliphatic carbocycles. The van der Waals surface area contributed by atoms with Crippen molar-refractivity contribution in [2.24, 2.45) is 5.92 Å². The van der Waals surface area contributed by atoms with Gasteiger partial charge in [-0.3, -0.25) is 0 Å². The number of rotatable bonds is 5. The molecule has 0 aromatic heterocycles. The Morgan fingerprint density at radius 3 is 2.47 bits per heavy atom. The molecular formula is C11H15ClO3. The third kappa shape index (κ3) is 3.38. The Kier molecular flexibility index (Phi) is 4.88. The maximum absolute atomic E-state index is 8.94. The fraction of sp³-hybridized carbons (Fsp3) is 0.455. The van der Waals surface area contributed by atoms with Crippen molar-refractivity contribution in [2.75, 3.05) is 20.3 Å². The Hall–Kier alpha value is -0.770. The van der Waals surface area contributed by atoms with Gasteiger partial charge >= 0.3 is 0 Å². The van der Waals surface area contributed by atoms with Crippen LogP contribution < -0.4 is 4.74 Å². The zero-order chi connectivity index (χ0) is 11.3. The van der Waals surface area contributed by atoms with Crippen LogP contribution in [0.3, 0.4) is 0 Å². The van der Waals surface area contributed by atoms with E-state index >= 15 is 0 Å². The molecule has 1 rings (SSSR count). The van der Waals surface area contributed by atoms with Crippen molar-refractivity contribution in [2.45, 2.75) is 6.42 Å². The molecule has 1 aromatic rings. The molecule has 1 aromatic carbocycles. The largest absolute Gasteiger partial charge is 0.495 e. The molecule has 0 aliphatic heterocycles. The van der Waals surface area contributed by atoms with E-state index in [1.54, 1.807) is 19.2 Å². The minimum Gasteiger partial charge on any atom is -0.495 e. The van der Waals surface area contributed by atoms with Gasteiger partial charge in [-0.15, -0.1) is 0 Å². The molecular weight excluding hydrogens is 216 g/mol. The van der Waals surface area contributed by atoms with Crippen LogP contribution in [0.5, 0.6) is 5.75 Å². The third-order valence-corrected chi connectivity index (χ3v) is 2.55. The highest BCUT2D eigenvalue weighted by Crippen LogP contribution is 2.25. The molecule has 84 valence electrons. The summed E-state index contributed by atoms with van der Waals surface area (Å²) in [7, 11) is 1.56. The predicted octanol–water partition coefficient (Wildman–Crippen LogP) is 1.49. The van der Waals surface area contributed by atoms with E-state index in [0.717, 1.165) is 5.56 Å². The molecule has 0 unspecified atom stereocenters. The fourth-order valence-electron chi connectivity index (χ4n) is 1.36. The highest BCUT2D eigenvalue weighted by molar-refractivity contribution is 6.32. The Morgan fingerprint density at radius 1 is 1.33 bits per heavy atom. The van der Waals surface area contributed by atoms with Crippen LogP contribution in [0, 0.1) is 5.92 Å². The molecule has 0 fully saturated rings. The van der Waals surface area contributed by atoms with Gasteiger partial charge in [0.15, 0.2) is 0 Å².